The van der Waals surface area contributed by atoms with Crippen molar-refractivity contribution in [2.24, 2.45) is 4.99 Å². The first kappa shape index (κ1) is 27.3. The Labute approximate surface area is 232 Å². The van der Waals surface area contributed by atoms with Crippen molar-refractivity contribution in [1.82, 2.24) is 24.3 Å². The van der Waals surface area contributed by atoms with Crippen molar-refractivity contribution in [3.8, 4) is 0 Å². The fourth-order valence-corrected chi connectivity index (χ4v) is 5.31. The van der Waals surface area contributed by atoms with E-state index >= 15 is 0 Å². The van der Waals surface area contributed by atoms with Crippen LogP contribution in [0.2, 0.25) is 0 Å². The molecule has 1 aliphatic rings. The van der Waals surface area contributed by atoms with Crippen LogP contribution >= 0.6 is 0 Å². The maximum absolute atomic E-state index is 14.7. The summed E-state index contributed by atoms with van der Waals surface area (Å²) in [7, 11) is 1.67. The van der Waals surface area contributed by atoms with Crippen LogP contribution in [0.3, 0.4) is 0 Å². The van der Waals surface area contributed by atoms with E-state index in [1.54, 1.807) is 36.2 Å². The molecule has 3 aromatic heterocycles. The molecule has 0 bridgehead atoms. The average molecular weight is 547 g/mol. The van der Waals surface area contributed by atoms with Crippen molar-refractivity contribution in [2.75, 3.05) is 30.4 Å². The van der Waals surface area contributed by atoms with Gasteiger partial charge in [-0.05, 0) is 53.7 Å². The summed E-state index contributed by atoms with van der Waals surface area (Å²) < 4.78 is 22.0. The topological polar surface area (TPSA) is 100 Å². The van der Waals surface area contributed by atoms with Crippen LogP contribution in [0.15, 0.2) is 48.0 Å². The molecular weight excluding hydrogens is 511 g/mol. The number of amidine groups is 1. The van der Waals surface area contributed by atoms with Gasteiger partial charge in [0.15, 0.2) is 11.5 Å². The van der Waals surface area contributed by atoms with E-state index in [9.17, 15) is 9.18 Å². The van der Waals surface area contributed by atoms with Gasteiger partial charge in [0.05, 0.1) is 29.2 Å². The van der Waals surface area contributed by atoms with Crippen molar-refractivity contribution < 1.29 is 13.9 Å². The van der Waals surface area contributed by atoms with Crippen LogP contribution in [0.4, 0.5) is 20.6 Å². The third-order valence-electron chi connectivity index (χ3n) is 6.84. The Bertz CT molecular complexity index is 1600. The fourth-order valence-electron chi connectivity index (χ4n) is 5.31. The van der Waals surface area contributed by atoms with Crippen LogP contribution in [0.5, 0.6) is 0 Å². The van der Waals surface area contributed by atoms with Gasteiger partial charge in [0.25, 0.3) is 0 Å². The number of nitrogens with one attached hydrogen (secondary N) is 1. The highest BCUT2D eigenvalue weighted by Crippen LogP contribution is 2.31. The normalized spacial score (nSPS) is 18.4. The van der Waals surface area contributed by atoms with Crippen LogP contribution in [-0.2, 0) is 4.74 Å². The van der Waals surface area contributed by atoms with Gasteiger partial charge in [0.1, 0.15) is 22.5 Å². The van der Waals surface area contributed by atoms with Crippen LogP contribution in [0, 0.1) is 12.7 Å². The summed E-state index contributed by atoms with van der Waals surface area (Å²) in [5.41, 5.74) is 4.03. The highest BCUT2D eigenvalue weighted by molar-refractivity contribution is 6.15. The Morgan fingerprint density at radius 3 is 2.42 bits per heavy atom. The van der Waals surface area contributed by atoms with Crippen molar-refractivity contribution in [3.63, 3.8) is 0 Å². The zero-order chi connectivity index (χ0) is 28.8. The number of rotatable bonds is 3. The average Bonchev–Trinajstić information content (AvgIpc) is 3.26. The van der Waals surface area contributed by atoms with E-state index in [0.717, 1.165) is 22.5 Å². The number of hydrogen-bond donors (Lipinski definition) is 1. The predicted octanol–water partition coefficient (Wildman–Crippen LogP) is 5.05. The number of piperazine rings is 1. The molecular formula is C29H35FN8O2. The molecule has 0 unspecified atom stereocenters. The first-order valence-corrected chi connectivity index (χ1v) is 13.3. The second kappa shape index (κ2) is 10.4. The molecule has 4 aromatic rings. The summed E-state index contributed by atoms with van der Waals surface area (Å²) in [6.45, 7) is 12.7. The molecule has 0 spiro atoms. The fraction of sp³-hybridized carbons (Fsp3) is 0.414. The maximum atomic E-state index is 14.7. The van der Waals surface area contributed by atoms with E-state index < -0.39 is 11.4 Å². The van der Waals surface area contributed by atoms with Gasteiger partial charge in [0.2, 0.25) is 0 Å². The Morgan fingerprint density at radius 1 is 1.10 bits per heavy atom. The molecule has 1 fully saturated rings. The number of hydrogen-bond acceptors (Lipinski definition) is 7. The number of ether oxygens (including phenoxy) is 1. The molecule has 40 heavy (non-hydrogen) atoms. The number of aliphatic imine (C=N–C) groups is 1. The largest absolute Gasteiger partial charge is 0.444 e. The van der Waals surface area contributed by atoms with E-state index in [0.29, 0.717) is 30.1 Å². The minimum Gasteiger partial charge on any atom is -0.444 e. The monoisotopic (exact) mass is 546 g/mol. The zero-order valence-electron chi connectivity index (χ0n) is 23.9. The molecule has 0 saturated carbocycles. The maximum Gasteiger partial charge on any atom is 0.410 e. The van der Waals surface area contributed by atoms with Crippen molar-refractivity contribution in [2.45, 2.75) is 59.2 Å². The number of pyridine rings is 1. The van der Waals surface area contributed by atoms with E-state index in [4.69, 9.17) is 4.74 Å². The van der Waals surface area contributed by atoms with Gasteiger partial charge in [0, 0.05) is 56.6 Å². The van der Waals surface area contributed by atoms with Gasteiger partial charge < -0.3 is 19.4 Å². The van der Waals surface area contributed by atoms with Crippen molar-refractivity contribution in [1.29, 1.82) is 0 Å². The molecule has 2 atom stereocenters. The molecule has 11 heteroatoms. The van der Waals surface area contributed by atoms with Gasteiger partial charge in [-0.1, -0.05) is 0 Å². The summed E-state index contributed by atoms with van der Waals surface area (Å²) in [4.78, 5) is 35.0. The minimum absolute atomic E-state index is 0.0731. The Kier molecular flexibility index (Phi) is 7.07. The van der Waals surface area contributed by atoms with Gasteiger partial charge in [-0.3, -0.25) is 19.9 Å². The minimum atomic E-state index is -0.558. The van der Waals surface area contributed by atoms with Crippen LogP contribution in [0.25, 0.3) is 16.7 Å². The molecule has 1 aliphatic heterocycles. The van der Waals surface area contributed by atoms with Crippen LogP contribution < -0.4 is 10.2 Å². The highest BCUT2D eigenvalue weighted by atomic mass is 19.1. The lowest BCUT2D eigenvalue weighted by Crippen LogP contribution is -2.59. The third-order valence-corrected chi connectivity index (χ3v) is 6.84. The molecule has 10 nitrogen and oxygen atoms in total. The molecule has 1 aromatic carbocycles. The number of aryl methyl sites for hydroxylation is 1. The molecule has 0 aliphatic carbocycles. The number of nitrogens with zero attached hydrogens (tertiary/aromatic N) is 7. The van der Waals surface area contributed by atoms with E-state index in [-0.39, 0.29) is 23.8 Å². The summed E-state index contributed by atoms with van der Waals surface area (Å²) >= 11 is 0. The molecule has 1 N–H and O–H groups in total. The van der Waals surface area contributed by atoms with E-state index in [1.807, 2.05) is 58.6 Å². The number of imidazole rings is 1. The Balaban J connectivity index is 1.45. The molecule has 1 saturated heterocycles. The van der Waals surface area contributed by atoms with Crippen LogP contribution in [-0.4, -0.2) is 74.0 Å². The lowest BCUT2D eigenvalue weighted by molar-refractivity contribution is 0.00568. The van der Waals surface area contributed by atoms with Crippen molar-refractivity contribution >= 4 is 40.0 Å². The zero-order valence-corrected chi connectivity index (χ0v) is 23.9. The summed E-state index contributed by atoms with van der Waals surface area (Å²) in [6.07, 6.45) is 6.56. The smallest absolute Gasteiger partial charge is 0.410 e. The number of carbonyl (C=O) groups is 1. The van der Waals surface area contributed by atoms with Gasteiger partial charge >= 0.3 is 6.09 Å². The standard InChI is InChI=1S/C29H35FN8O2/c1-17-13-37-16-20(12-22(30)27(37)34-17)35-26(31-7)21-8-9-23(25-24(21)32-10-11-33-25)36-14-18(2)38(19(3)15-36)28(39)40-29(4,5)6/h8-13,16,18-19H,14-15H2,1-7H3,(H,31,35)/t18-,19+. The number of amides is 1. The third kappa shape index (κ3) is 5.28. The van der Waals surface area contributed by atoms with Gasteiger partial charge in [-0.25, -0.2) is 14.2 Å². The lowest BCUT2D eigenvalue weighted by Gasteiger charge is -2.45. The molecule has 1 amide bonds. The summed E-state index contributed by atoms with van der Waals surface area (Å²) in [5.74, 6) is 0.103. The van der Waals surface area contributed by atoms with E-state index in [1.165, 1.54) is 6.07 Å². The number of benzene rings is 1. The second-order valence-electron chi connectivity index (χ2n) is 11.3. The SMILES string of the molecule is CN=C(Nc1cc(F)c2nc(C)cn2c1)c1ccc(N2C[C@@H](C)N(C(=O)OC(C)(C)C)[C@@H](C)C2)c2nccnc12. The van der Waals surface area contributed by atoms with E-state index in [2.05, 4.69) is 30.2 Å². The predicted molar refractivity (Wildman–Crippen MR) is 155 cm³/mol. The van der Waals surface area contributed by atoms with Gasteiger partial charge in [-0.15, -0.1) is 0 Å². The number of anilines is 2. The summed E-state index contributed by atoms with van der Waals surface area (Å²) in [5, 5.41) is 3.25. The molecule has 210 valence electrons. The number of carbonyl (C=O) groups excluding carboxylic acids is 1. The lowest BCUT2D eigenvalue weighted by atomic mass is 10.0. The highest BCUT2D eigenvalue weighted by Gasteiger charge is 2.36. The molecule has 0 radical (unpaired) electrons. The molecule has 4 heterocycles. The first-order valence-electron chi connectivity index (χ1n) is 13.3. The summed E-state index contributed by atoms with van der Waals surface area (Å²) in [6, 6.07) is 5.22. The second-order valence-corrected chi connectivity index (χ2v) is 11.3. The number of aromatic nitrogens is 4. The number of halogens is 1. The Morgan fingerprint density at radius 2 is 1.77 bits per heavy atom. The Hall–Kier alpha value is -4.28. The van der Waals surface area contributed by atoms with Gasteiger partial charge in [-0.2, -0.15) is 0 Å². The molecule has 5 rings (SSSR count). The van der Waals surface area contributed by atoms with Crippen molar-refractivity contribution in [3.05, 3.63) is 60.1 Å². The first-order chi connectivity index (χ1) is 18.9. The van der Waals surface area contributed by atoms with Crippen LogP contribution in [0.1, 0.15) is 45.9 Å². The number of fused-ring (bicyclic) bond motifs is 2. The quantitative estimate of drug-likeness (QED) is 0.284.